The zero-order valence-electron chi connectivity index (χ0n) is 12.0. The number of benzene rings is 2. The number of nitrogens with zero attached hydrogens (tertiary/aromatic N) is 1. The van der Waals surface area contributed by atoms with Crippen LogP contribution in [-0.4, -0.2) is 13.2 Å². The molecule has 0 aliphatic carbocycles. The summed E-state index contributed by atoms with van der Waals surface area (Å²) >= 11 is 5.99. The van der Waals surface area contributed by atoms with E-state index < -0.39 is 0 Å². The Hall–Kier alpha value is -2.18. The van der Waals surface area contributed by atoms with Crippen molar-refractivity contribution in [3.8, 4) is 17.6 Å². The van der Waals surface area contributed by atoms with Crippen LogP contribution in [0.1, 0.15) is 16.7 Å². The highest BCUT2D eigenvalue weighted by Crippen LogP contribution is 2.26. The van der Waals surface area contributed by atoms with Gasteiger partial charge in [-0.2, -0.15) is 5.26 Å². The molecule has 0 bridgehead atoms. The summed E-state index contributed by atoms with van der Waals surface area (Å²) in [7, 11) is 0. The van der Waals surface area contributed by atoms with Gasteiger partial charge < -0.3 is 9.47 Å². The van der Waals surface area contributed by atoms with E-state index in [1.807, 2.05) is 26.0 Å². The third kappa shape index (κ3) is 4.14. The Morgan fingerprint density at radius 2 is 1.57 bits per heavy atom. The van der Waals surface area contributed by atoms with Crippen LogP contribution in [0.25, 0.3) is 0 Å². The van der Waals surface area contributed by atoms with Crippen molar-refractivity contribution in [2.45, 2.75) is 13.8 Å². The second-order valence-electron chi connectivity index (χ2n) is 4.70. The summed E-state index contributed by atoms with van der Waals surface area (Å²) in [6.45, 7) is 4.82. The maximum absolute atomic E-state index is 8.72. The fourth-order valence-corrected chi connectivity index (χ4v) is 2.38. The van der Waals surface area contributed by atoms with E-state index in [1.54, 1.807) is 24.3 Å². The van der Waals surface area contributed by atoms with Crippen molar-refractivity contribution < 1.29 is 9.47 Å². The summed E-state index contributed by atoms with van der Waals surface area (Å²) < 4.78 is 11.3. The molecule has 0 amide bonds. The summed E-state index contributed by atoms with van der Waals surface area (Å²) in [6, 6.07) is 12.8. The molecule has 108 valence electrons. The molecule has 0 heterocycles. The van der Waals surface area contributed by atoms with Crippen LogP contribution in [0.15, 0.2) is 36.4 Å². The van der Waals surface area contributed by atoms with E-state index in [2.05, 4.69) is 6.07 Å². The van der Waals surface area contributed by atoms with Crippen molar-refractivity contribution >= 4 is 11.6 Å². The molecular formula is C17H16ClNO2. The van der Waals surface area contributed by atoms with Crippen LogP contribution in [0.2, 0.25) is 5.02 Å². The van der Waals surface area contributed by atoms with Gasteiger partial charge >= 0.3 is 0 Å². The van der Waals surface area contributed by atoms with Crippen molar-refractivity contribution in [3.63, 3.8) is 0 Å². The molecule has 2 aromatic carbocycles. The summed E-state index contributed by atoms with van der Waals surface area (Å²) in [5, 5.41) is 9.43. The first-order valence-corrected chi connectivity index (χ1v) is 7.00. The molecule has 0 aliphatic rings. The second kappa shape index (κ2) is 7.01. The van der Waals surface area contributed by atoms with E-state index in [-0.39, 0.29) is 0 Å². The smallest absolute Gasteiger partial charge is 0.125 e. The SMILES string of the molecule is Cc1cc(Cl)cc(C)c1OCCOc1ccc(C#N)cc1. The highest BCUT2D eigenvalue weighted by molar-refractivity contribution is 6.30. The average molecular weight is 302 g/mol. The Labute approximate surface area is 129 Å². The zero-order chi connectivity index (χ0) is 15.2. The maximum atomic E-state index is 8.72. The molecule has 0 fully saturated rings. The lowest BCUT2D eigenvalue weighted by Gasteiger charge is -2.13. The number of ether oxygens (including phenoxy) is 2. The van der Waals surface area contributed by atoms with Gasteiger partial charge in [-0.1, -0.05) is 11.6 Å². The molecule has 0 saturated carbocycles. The minimum atomic E-state index is 0.438. The fourth-order valence-electron chi connectivity index (χ4n) is 2.05. The zero-order valence-corrected chi connectivity index (χ0v) is 12.8. The summed E-state index contributed by atoms with van der Waals surface area (Å²) in [4.78, 5) is 0. The van der Waals surface area contributed by atoms with Crippen LogP contribution >= 0.6 is 11.6 Å². The first-order valence-electron chi connectivity index (χ1n) is 6.62. The van der Waals surface area contributed by atoms with Crippen molar-refractivity contribution in [2.24, 2.45) is 0 Å². The number of aryl methyl sites for hydroxylation is 2. The molecule has 0 radical (unpaired) electrons. The van der Waals surface area contributed by atoms with Gasteiger partial charge in [-0.3, -0.25) is 0 Å². The van der Waals surface area contributed by atoms with Gasteiger partial charge in [0.1, 0.15) is 24.7 Å². The summed E-state index contributed by atoms with van der Waals surface area (Å²) in [6.07, 6.45) is 0. The number of halogens is 1. The Kier molecular flexibility index (Phi) is 5.08. The van der Waals surface area contributed by atoms with Gasteiger partial charge in [0, 0.05) is 5.02 Å². The second-order valence-corrected chi connectivity index (χ2v) is 5.14. The number of hydrogen-bond acceptors (Lipinski definition) is 3. The molecule has 21 heavy (non-hydrogen) atoms. The molecular weight excluding hydrogens is 286 g/mol. The molecule has 0 spiro atoms. The molecule has 4 heteroatoms. The van der Waals surface area contributed by atoms with Crippen LogP contribution in [0.3, 0.4) is 0 Å². The lowest BCUT2D eigenvalue weighted by Crippen LogP contribution is -2.10. The minimum Gasteiger partial charge on any atom is -0.490 e. The number of rotatable bonds is 5. The Bertz CT molecular complexity index is 636. The molecule has 0 N–H and O–H groups in total. The molecule has 0 unspecified atom stereocenters. The number of hydrogen-bond donors (Lipinski definition) is 0. The molecule has 0 saturated heterocycles. The third-order valence-corrected chi connectivity index (χ3v) is 3.23. The Morgan fingerprint density at radius 3 is 2.14 bits per heavy atom. The van der Waals surface area contributed by atoms with Gasteiger partial charge in [0.05, 0.1) is 11.6 Å². The third-order valence-electron chi connectivity index (χ3n) is 3.01. The van der Waals surface area contributed by atoms with Crippen molar-refractivity contribution in [1.82, 2.24) is 0 Å². The Morgan fingerprint density at radius 1 is 1.00 bits per heavy atom. The van der Waals surface area contributed by atoms with E-state index in [0.29, 0.717) is 23.8 Å². The van der Waals surface area contributed by atoms with E-state index in [4.69, 9.17) is 26.3 Å². The minimum absolute atomic E-state index is 0.438. The van der Waals surface area contributed by atoms with Crippen LogP contribution in [0, 0.1) is 25.2 Å². The van der Waals surface area contributed by atoms with E-state index in [0.717, 1.165) is 22.6 Å². The van der Waals surface area contributed by atoms with Crippen LogP contribution in [-0.2, 0) is 0 Å². The first kappa shape index (κ1) is 15.2. The highest BCUT2D eigenvalue weighted by Gasteiger charge is 2.05. The van der Waals surface area contributed by atoms with E-state index in [1.165, 1.54) is 0 Å². The van der Waals surface area contributed by atoms with E-state index >= 15 is 0 Å². The molecule has 0 aliphatic heterocycles. The molecule has 3 nitrogen and oxygen atoms in total. The molecule has 0 aromatic heterocycles. The van der Waals surface area contributed by atoms with E-state index in [9.17, 15) is 0 Å². The first-order chi connectivity index (χ1) is 10.1. The van der Waals surface area contributed by atoms with Gasteiger partial charge in [0.15, 0.2) is 0 Å². The highest BCUT2D eigenvalue weighted by atomic mass is 35.5. The predicted molar refractivity (Wildman–Crippen MR) is 83.1 cm³/mol. The lowest BCUT2D eigenvalue weighted by molar-refractivity contribution is 0.215. The maximum Gasteiger partial charge on any atom is 0.125 e. The number of nitriles is 1. The molecule has 2 rings (SSSR count). The normalized spacial score (nSPS) is 10.0. The van der Waals surface area contributed by atoms with Gasteiger partial charge in [-0.05, 0) is 61.4 Å². The van der Waals surface area contributed by atoms with Crippen LogP contribution in [0.4, 0.5) is 0 Å². The van der Waals surface area contributed by atoms with Crippen molar-refractivity contribution in [1.29, 1.82) is 5.26 Å². The topological polar surface area (TPSA) is 42.2 Å². The van der Waals surface area contributed by atoms with Gasteiger partial charge in [-0.25, -0.2) is 0 Å². The summed E-state index contributed by atoms with van der Waals surface area (Å²) in [5.41, 5.74) is 2.64. The summed E-state index contributed by atoms with van der Waals surface area (Å²) in [5.74, 6) is 1.57. The van der Waals surface area contributed by atoms with Crippen LogP contribution in [0.5, 0.6) is 11.5 Å². The Balaban J connectivity index is 1.86. The largest absolute Gasteiger partial charge is 0.490 e. The van der Waals surface area contributed by atoms with Gasteiger partial charge in [0.25, 0.3) is 0 Å². The standard InChI is InChI=1S/C17H16ClNO2/c1-12-9-15(18)10-13(2)17(12)21-8-7-20-16-5-3-14(11-19)4-6-16/h3-6,9-10H,7-8H2,1-2H3. The monoisotopic (exact) mass is 301 g/mol. The van der Waals surface area contributed by atoms with Crippen molar-refractivity contribution in [2.75, 3.05) is 13.2 Å². The quantitative estimate of drug-likeness (QED) is 0.774. The van der Waals surface area contributed by atoms with Gasteiger partial charge in [0.2, 0.25) is 0 Å². The molecule has 2 aromatic rings. The molecule has 0 atom stereocenters. The van der Waals surface area contributed by atoms with Crippen molar-refractivity contribution in [3.05, 3.63) is 58.1 Å². The lowest BCUT2D eigenvalue weighted by atomic mass is 10.1. The van der Waals surface area contributed by atoms with Gasteiger partial charge in [-0.15, -0.1) is 0 Å². The fraction of sp³-hybridized carbons (Fsp3) is 0.235. The average Bonchev–Trinajstić information content (AvgIpc) is 2.46. The predicted octanol–water partition coefficient (Wildman–Crippen LogP) is 4.29. The van der Waals surface area contributed by atoms with Crippen LogP contribution < -0.4 is 9.47 Å².